The van der Waals surface area contributed by atoms with Gasteiger partial charge >= 0.3 is 0 Å². The van der Waals surface area contributed by atoms with Crippen molar-refractivity contribution >= 4 is 11.6 Å². The lowest BCUT2D eigenvalue weighted by Gasteiger charge is -1.97. The van der Waals surface area contributed by atoms with E-state index in [1.165, 1.54) is 18.2 Å². The van der Waals surface area contributed by atoms with E-state index in [1.807, 2.05) is 6.07 Å². The van der Waals surface area contributed by atoms with Crippen LogP contribution in [0, 0.1) is 17.1 Å². The molecule has 7 heteroatoms. The molecule has 2 heterocycles. The van der Waals surface area contributed by atoms with Gasteiger partial charge in [0.1, 0.15) is 17.6 Å². The van der Waals surface area contributed by atoms with Crippen molar-refractivity contribution in [1.82, 2.24) is 15.1 Å². The molecule has 20 heavy (non-hydrogen) atoms. The van der Waals surface area contributed by atoms with Crippen molar-refractivity contribution < 1.29 is 8.91 Å². The third-order valence-electron chi connectivity index (χ3n) is 2.65. The average molecular weight is 289 g/mol. The van der Waals surface area contributed by atoms with E-state index in [4.69, 9.17) is 21.4 Å². The minimum absolute atomic E-state index is 0.198. The molecule has 0 saturated heterocycles. The average Bonchev–Trinajstić information content (AvgIpc) is 3.07. The number of halogens is 2. The number of nitrogens with zero attached hydrogens (tertiary/aromatic N) is 3. The Balaban J connectivity index is 2.00. The van der Waals surface area contributed by atoms with Crippen LogP contribution in [0.25, 0.3) is 22.8 Å². The summed E-state index contributed by atoms with van der Waals surface area (Å²) in [6, 6.07) is 7.47. The molecule has 2 aromatic heterocycles. The highest BCUT2D eigenvalue weighted by Gasteiger charge is 2.14. The van der Waals surface area contributed by atoms with Gasteiger partial charge in [0, 0.05) is 11.8 Å². The topological polar surface area (TPSA) is 78.5 Å². The fraction of sp³-hybridized carbons (Fsp3) is 0. The zero-order valence-corrected chi connectivity index (χ0v) is 10.6. The summed E-state index contributed by atoms with van der Waals surface area (Å²) < 4.78 is 18.1. The van der Waals surface area contributed by atoms with Gasteiger partial charge in [-0.1, -0.05) is 16.8 Å². The summed E-state index contributed by atoms with van der Waals surface area (Å²) >= 11 is 5.93. The lowest BCUT2D eigenvalue weighted by Crippen LogP contribution is -1.84. The lowest BCUT2D eigenvalue weighted by atomic mass is 10.2. The lowest BCUT2D eigenvalue weighted by molar-refractivity contribution is 0.432. The molecular formula is C13H6ClFN4O. The molecule has 0 radical (unpaired) electrons. The maximum Gasteiger partial charge on any atom is 0.259 e. The maximum absolute atomic E-state index is 13.0. The predicted molar refractivity (Wildman–Crippen MR) is 69.2 cm³/mol. The van der Waals surface area contributed by atoms with E-state index in [2.05, 4.69) is 15.1 Å². The first-order valence-corrected chi connectivity index (χ1v) is 5.93. The quantitative estimate of drug-likeness (QED) is 0.784. The van der Waals surface area contributed by atoms with E-state index in [-0.39, 0.29) is 16.7 Å². The Labute approximate surface area is 117 Å². The Morgan fingerprint density at radius 2 is 2.20 bits per heavy atom. The Morgan fingerprint density at radius 1 is 1.35 bits per heavy atom. The van der Waals surface area contributed by atoms with Gasteiger partial charge in [-0.3, -0.25) is 0 Å². The summed E-state index contributed by atoms with van der Waals surface area (Å²) in [6.07, 6.45) is 1.59. The van der Waals surface area contributed by atoms with Crippen molar-refractivity contribution in [3.8, 4) is 28.9 Å². The van der Waals surface area contributed by atoms with Gasteiger partial charge in [-0.2, -0.15) is 10.2 Å². The summed E-state index contributed by atoms with van der Waals surface area (Å²) in [5.41, 5.74) is 1.46. The zero-order chi connectivity index (χ0) is 14.1. The standard InChI is InChI=1S/C13H6ClFN4O/c14-11-4-8(15)1-2-10(11)12-18-13(20-19-12)7-3-9(5-16)17-6-7/h1-4,6,17H. The van der Waals surface area contributed by atoms with Gasteiger partial charge in [0.2, 0.25) is 5.82 Å². The van der Waals surface area contributed by atoms with E-state index >= 15 is 0 Å². The fourth-order valence-electron chi connectivity index (χ4n) is 1.70. The summed E-state index contributed by atoms with van der Waals surface area (Å²) in [7, 11) is 0. The summed E-state index contributed by atoms with van der Waals surface area (Å²) in [5, 5.41) is 12.7. The van der Waals surface area contributed by atoms with Crippen molar-refractivity contribution in [2.24, 2.45) is 0 Å². The second-order valence-electron chi connectivity index (χ2n) is 3.96. The monoisotopic (exact) mass is 288 g/mol. The molecule has 0 spiro atoms. The van der Waals surface area contributed by atoms with Crippen LogP contribution in [0.15, 0.2) is 35.0 Å². The predicted octanol–water partition coefficient (Wildman–Crippen LogP) is 3.40. The maximum atomic E-state index is 13.0. The molecule has 5 nitrogen and oxygen atoms in total. The first-order valence-electron chi connectivity index (χ1n) is 5.55. The smallest absolute Gasteiger partial charge is 0.259 e. The Bertz CT molecular complexity index is 818. The van der Waals surface area contributed by atoms with Crippen LogP contribution < -0.4 is 0 Å². The highest BCUT2D eigenvalue weighted by Crippen LogP contribution is 2.28. The van der Waals surface area contributed by atoms with Crippen LogP contribution in [0.1, 0.15) is 5.69 Å². The molecule has 1 N–H and O–H groups in total. The van der Waals surface area contributed by atoms with Crippen molar-refractivity contribution in [2.45, 2.75) is 0 Å². The molecule has 0 atom stereocenters. The number of aromatic amines is 1. The van der Waals surface area contributed by atoms with E-state index in [1.54, 1.807) is 12.3 Å². The van der Waals surface area contributed by atoms with Gasteiger partial charge < -0.3 is 9.51 Å². The number of nitrogens with one attached hydrogen (secondary N) is 1. The first-order chi connectivity index (χ1) is 9.67. The molecule has 3 aromatic rings. The van der Waals surface area contributed by atoms with E-state index in [0.29, 0.717) is 16.8 Å². The van der Waals surface area contributed by atoms with Gasteiger partial charge in [0.25, 0.3) is 5.89 Å². The highest BCUT2D eigenvalue weighted by atomic mass is 35.5. The number of hydrogen-bond donors (Lipinski definition) is 1. The molecule has 98 valence electrons. The van der Waals surface area contributed by atoms with Gasteiger partial charge in [-0.25, -0.2) is 4.39 Å². The number of rotatable bonds is 2. The number of benzene rings is 1. The summed E-state index contributed by atoms with van der Waals surface area (Å²) in [6.45, 7) is 0. The third-order valence-corrected chi connectivity index (χ3v) is 2.96. The molecular weight excluding hydrogens is 283 g/mol. The Morgan fingerprint density at radius 3 is 2.90 bits per heavy atom. The summed E-state index contributed by atoms with van der Waals surface area (Å²) in [4.78, 5) is 6.93. The zero-order valence-electron chi connectivity index (χ0n) is 9.89. The van der Waals surface area contributed by atoms with Gasteiger partial charge in [0.05, 0.1) is 10.6 Å². The minimum Gasteiger partial charge on any atom is -0.352 e. The molecule has 0 aliphatic heterocycles. The molecule has 3 rings (SSSR count). The Hall–Kier alpha value is -2.65. The number of H-pyrrole nitrogens is 1. The van der Waals surface area contributed by atoms with Crippen molar-refractivity contribution in [3.05, 3.63) is 47.0 Å². The van der Waals surface area contributed by atoms with Crippen molar-refractivity contribution in [2.75, 3.05) is 0 Å². The first kappa shape index (κ1) is 12.4. The second-order valence-corrected chi connectivity index (χ2v) is 4.37. The van der Waals surface area contributed by atoms with Crippen LogP contribution in [-0.2, 0) is 0 Å². The molecule has 0 saturated carbocycles. The number of aromatic nitrogens is 3. The minimum atomic E-state index is -0.438. The van der Waals surface area contributed by atoms with E-state index in [9.17, 15) is 4.39 Å². The molecule has 0 amide bonds. The molecule has 0 aliphatic carbocycles. The van der Waals surface area contributed by atoms with Crippen LogP contribution >= 0.6 is 11.6 Å². The normalized spacial score (nSPS) is 10.4. The van der Waals surface area contributed by atoms with Crippen molar-refractivity contribution in [3.63, 3.8) is 0 Å². The molecule has 0 unspecified atom stereocenters. The highest BCUT2D eigenvalue weighted by molar-refractivity contribution is 6.33. The van der Waals surface area contributed by atoms with Crippen LogP contribution in [0.4, 0.5) is 4.39 Å². The number of hydrogen-bond acceptors (Lipinski definition) is 4. The van der Waals surface area contributed by atoms with E-state index < -0.39 is 5.82 Å². The van der Waals surface area contributed by atoms with Crippen LogP contribution in [0.3, 0.4) is 0 Å². The third kappa shape index (κ3) is 2.15. The van der Waals surface area contributed by atoms with Crippen LogP contribution in [0.2, 0.25) is 5.02 Å². The van der Waals surface area contributed by atoms with Crippen LogP contribution in [-0.4, -0.2) is 15.1 Å². The fourth-order valence-corrected chi connectivity index (χ4v) is 1.96. The SMILES string of the molecule is N#Cc1cc(-c2nc(-c3ccc(F)cc3Cl)no2)c[nH]1. The molecule has 1 aromatic carbocycles. The van der Waals surface area contributed by atoms with Crippen molar-refractivity contribution in [1.29, 1.82) is 5.26 Å². The van der Waals surface area contributed by atoms with Gasteiger partial charge in [-0.15, -0.1) is 0 Å². The largest absolute Gasteiger partial charge is 0.352 e. The molecule has 0 bridgehead atoms. The number of nitriles is 1. The summed E-state index contributed by atoms with van der Waals surface area (Å²) in [5.74, 6) is 0.0645. The molecule has 0 fully saturated rings. The van der Waals surface area contributed by atoms with Crippen LogP contribution in [0.5, 0.6) is 0 Å². The Kier molecular flexibility index (Phi) is 2.97. The molecule has 0 aliphatic rings. The van der Waals surface area contributed by atoms with Gasteiger partial charge in [-0.05, 0) is 24.3 Å². The van der Waals surface area contributed by atoms with Gasteiger partial charge in [0.15, 0.2) is 0 Å². The van der Waals surface area contributed by atoms with E-state index in [0.717, 1.165) is 0 Å². The second kappa shape index (κ2) is 4.79.